The van der Waals surface area contributed by atoms with E-state index in [2.05, 4.69) is 0 Å². The summed E-state index contributed by atoms with van der Waals surface area (Å²) in [7, 11) is 0. The van der Waals surface area contributed by atoms with Crippen LogP contribution >= 0.6 is 0 Å². The van der Waals surface area contributed by atoms with Crippen molar-refractivity contribution in [3.8, 4) is 0 Å². The van der Waals surface area contributed by atoms with Crippen molar-refractivity contribution in [1.29, 1.82) is 0 Å². The lowest BCUT2D eigenvalue weighted by molar-refractivity contribution is -0.152. The first kappa shape index (κ1) is 13.1. The number of Topliss-reactive ketones (excluding diaryl/α,β-unsaturated/α-hetero) is 1. The molecule has 0 aromatic rings. The predicted molar refractivity (Wildman–Crippen MR) is 54.9 cm³/mol. The molecule has 14 heavy (non-hydrogen) atoms. The highest BCUT2D eigenvalue weighted by atomic mass is 16.5. The summed E-state index contributed by atoms with van der Waals surface area (Å²) in [5, 5.41) is 0. The van der Waals surface area contributed by atoms with Crippen molar-refractivity contribution in [2.45, 2.75) is 40.5 Å². The Morgan fingerprint density at radius 2 is 1.79 bits per heavy atom. The van der Waals surface area contributed by atoms with Crippen LogP contribution in [-0.2, 0) is 14.3 Å². The molecule has 0 aliphatic heterocycles. The summed E-state index contributed by atoms with van der Waals surface area (Å²) in [6, 6.07) is 0. The van der Waals surface area contributed by atoms with Crippen LogP contribution in [0.5, 0.6) is 0 Å². The normalized spacial score (nSPS) is 12.6. The summed E-state index contributed by atoms with van der Waals surface area (Å²) in [5.74, 6) is -1.03. The average molecular weight is 200 g/mol. The number of ether oxygens (including phenoxy) is 1. The zero-order chi connectivity index (χ0) is 11.1. The lowest BCUT2D eigenvalue weighted by atomic mass is 9.91. The van der Waals surface area contributed by atoms with Gasteiger partial charge < -0.3 is 4.74 Å². The van der Waals surface area contributed by atoms with Crippen molar-refractivity contribution < 1.29 is 14.3 Å². The van der Waals surface area contributed by atoms with E-state index < -0.39 is 5.92 Å². The SMILES string of the molecule is CCCC(C(=O)OCC)C(=O)C(C)C. The van der Waals surface area contributed by atoms with Gasteiger partial charge in [-0.25, -0.2) is 0 Å². The number of esters is 1. The monoisotopic (exact) mass is 200 g/mol. The molecule has 0 bridgehead atoms. The summed E-state index contributed by atoms with van der Waals surface area (Å²) in [4.78, 5) is 23.1. The highest BCUT2D eigenvalue weighted by Crippen LogP contribution is 2.15. The first-order valence-corrected chi connectivity index (χ1v) is 5.24. The topological polar surface area (TPSA) is 43.4 Å². The molecular weight excluding hydrogens is 180 g/mol. The molecule has 0 saturated heterocycles. The average Bonchev–Trinajstić information content (AvgIpc) is 2.13. The van der Waals surface area contributed by atoms with Crippen molar-refractivity contribution in [1.82, 2.24) is 0 Å². The maximum absolute atomic E-state index is 11.6. The third-order valence-corrected chi connectivity index (χ3v) is 2.06. The molecule has 0 radical (unpaired) electrons. The van der Waals surface area contributed by atoms with Crippen LogP contribution in [0.2, 0.25) is 0 Å². The van der Waals surface area contributed by atoms with E-state index in [4.69, 9.17) is 4.74 Å². The molecule has 3 nitrogen and oxygen atoms in total. The van der Waals surface area contributed by atoms with Gasteiger partial charge in [-0.3, -0.25) is 9.59 Å². The van der Waals surface area contributed by atoms with Crippen molar-refractivity contribution in [3.63, 3.8) is 0 Å². The molecule has 0 aromatic heterocycles. The number of carbonyl (C=O) groups is 2. The van der Waals surface area contributed by atoms with E-state index in [1.165, 1.54) is 0 Å². The number of hydrogen-bond acceptors (Lipinski definition) is 3. The van der Waals surface area contributed by atoms with E-state index in [-0.39, 0.29) is 17.7 Å². The number of ketones is 1. The molecule has 0 heterocycles. The van der Waals surface area contributed by atoms with Gasteiger partial charge in [0.1, 0.15) is 11.7 Å². The second-order valence-electron chi connectivity index (χ2n) is 3.65. The second-order valence-corrected chi connectivity index (χ2v) is 3.65. The molecule has 0 aromatic carbocycles. The van der Waals surface area contributed by atoms with E-state index in [0.717, 1.165) is 6.42 Å². The molecule has 0 aliphatic rings. The Morgan fingerprint density at radius 1 is 1.21 bits per heavy atom. The Balaban J connectivity index is 4.42. The van der Waals surface area contributed by atoms with Gasteiger partial charge in [0.05, 0.1) is 6.61 Å². The van der Waals surface area contributed by atoms with Gasteiger partial charge in [0.15, 0.2) is 0 Å². The van der Waals surface area contributed by atoms with E-state index >= 15 is 0 Å². The van der Waals surface area contributed by atoms with E-state index in [0.29, 0.717) is 13.0 Å². The Kier molecular flexibility index (Phi) is 6.17. The molecule has 82 valence electrons. The van der Waals surface area contributed by atoms with Crippen molar-refractivity contribution in [2.24, 2.45) is 11.8 Å². The van der Waals surface area contributed by atoms with Crippen LogP contribution in [0.4, 0.5) is 0 Å². The minimum absolute atomic E-state index is 0.00898. The molecule has 0 amide bonds. The van der Waals surface area contributed by atoms with Crippen LogP contribution in [0, 0.1) is 11.8 Å². The van der Waals surface area contributed by atoms with Crippen LogP contribution in [0.1, 0.15) is 40.5 Å². The molecule has 0 spiro atoms. The fourth-order valence-electron chi connectivity index (χ4n) is 1.31. The highest BCUT2D eigenvalue weighted by Gasteiger charge is 2.28. The fourth-order valence-corrected chi connectivity index (χ4v) is 1.31. The van der Waals surface area contributed by atoms with Gasteiger partial charge in [-0.05, 0) is 13.3 Å². The van der Waals surface area contributed by atoms with Gasteiger partial charge in [-0.2, -0.15) is 0 Å². The minimum Gasteiger partial charge on any atom is -0.465 e. The highest BCUT2D eigenvalue weighted by molar-refractivity contribution is 5.99. The predicted octanol–water partition coefficient (Wildman–Crippen LogP) is 2.19. The van der Waals surface area contributed by atoms with Crippen LogP contribution in [0.3, 0.4) is 0 Å². The Bertz CT molecular complexity index is 197. The van der Waals surface area contributed by atoms with Gasteiger partial charge in [0, 0.05) is 5.92 Å². The molecule has 0 N–H and O–H groups in total. The van der Waals surface area contributed by atoms with E-state index in [1.54, 1.807) is 6.92 Å². The number of rotatable bonds is 6. The van der Waals surface area contributed by atoms with Gasteiger partial charge in [-0.1, -0.05) is 27.2 Å². The molecule has 0 fully saturated rings. The maximum Gasteiger partial charge on any atom is 0.316 e. The smallest absolute Gasteiger partial charge is 0.316 e. The van der Waals surface area contributed by atoms with E-state index in [1.807, 2.05) is 20.8 Å². The van der Waals surface area contributed by atoms with Crippen LogP contribution in [0.15, 0.2) is 0 Å². The quantitative estimate of drug-likeness (QED) is 0.487. The standard InChI is InChI=1S/C11H20O3/c1-5-7-9(10(12)8(3)4)11(13)14-6-2/h8-9H,5-7H2,1-4H3. The van der Waals surface area contributed by atoms with Gasteiger partial charge in [0.25, 0.3) is 0 Å². The lowest BCUT2D eigenvalue weighted by Gasteiger charge is -2.15. The Hall–Kier alpha value is -0.860. The molecule has 1 unspecified atom stereocenters. The largest absolute Gasteiger partial charge is 0.465 e. The third kappa shape index (κ3) is 3.90. The van der Waals surface area contributed by atoms with Gasteiger partial charge in [-0.15, -0.1) is 0 Å². The Morgan fingerprint density at radius 3 is 2.14 bits per heavy atom. The van der Waals surface area contributed by atoms with Gasteiger partial charge >= 0.3 is 5.97 Å². The summed E-state index contributed by atoms with van der Waals surface area (Å²) in [6.45, 7) is 7.67. The fraction of sp³-hybridized carbons (Fsp3) is 0.818. The van der Waals surface area contributed by atoms with Crippen LogP contribution < -0.4 is 0 Å². The molecule has 3 heteroatoms. The summed E-state index contributed by atoms with van der Waals surface area (Å²) < 4.78 is 4.87. The zero-order valence-corrected chi connectivity index (χ0v) is 9.50. The third-order valence-electron chi connectivity index (χ3n) is 2.06. The molecule has 1 atom stereocenters. The maximum atomic E-state index is 11.6. The summed E-state index contributed by atoms with van der Waals surface area (Å²) in [6.07, 6.45) is 1.41. The van der Waals surface area contributed by atoms with Crippen molar-refractivity contribution >= 4 is 11.8 Å². The number of carbonyl (C=O) groups excluding carboxylic acids is 2. The lowest BCUT2D eigenvalue weighted by Crippen LogP contribution is -2.29. The first-order valence-electron chi connectivity index (χ1n) is 5.24. The van der Waals surface area contributed by atoms with E-state index in [9.17, 15) is 9.59 Å². The Labute approximate surface area is 85.8 Å². The summed E-state index contributed by atoms with van der Waals surface area (Å²) >= 11 is 0. The summed E-state index contributed by atoms with van der Waals surface area (Å²) in [5.41, 5.74) is 0. The number of hydrogen-bond donors (Lipinski definition) is 0. The van der Waals surface area contributed by atoms with Crippen LogP contribution in [0.25, 0.3) is 0 Å². The van der Waals surface area contributed by atoms with Crippen molar-refractivity contribution in [2.75, 3.05) is 6.61 Å². The minimum atomic E-state index is -0.556. The van der Waals surface area contributed by atoms with Gasteiger partial charge in [0.2, 0.25) is 0 Å². The zero-order valence-electron chi connectivity index (χ0n) is 9.50. The molecule has 0 saturated carbocycles. The molecule has 0 rings (SSSR count). The van der Waals surface area contributed by atoms with Crippen LogP contribution in [-0.4, -0.2) is 18.4 Å². The molecule has 0 aliphatic carbocycles. The van der Waals surface area contributed by atoms with Crippen molar-refractivity contribution in [3.05, 3.63) is 0 Å². The second kappa shape index (κ2) is 6.57. The first-order chi connectivity index (χ1) is 6.54. The molecular formula is C11H20O3.